The summed E-state index contributed by atoms with van der Waals surface area (Å²) in [5.41, 5.74) is 1.17. The maximum Gasteiger partial charge on any atom is 0.360 e. The minimum atomic E-state index is -0.588. The minimum absolute atomic E-state index is 0.0738. The van der Waals surface area contributed by atoms with E-state index in [-0.39, 0.29) is 5.69 Å². The van der Waals surface area contributed by atoms with Crippen molar-refractivity contribution >= 4 is 17.5 Å². The Morgan fingerprint density at radius 1 is 1.14 bits per heavy atom. The zero-order chi connectivity index (χ0) is 16.1. The molecule has 0 aliphatic carbocycles. The molecule has 0 amide bonds. The number of nitrogens with zero attached hydrogens (tertiary/aromatic N) is 3. The van der Waals surface area contributed by atoms with E-state index in [9.17, 15) is 4.79 Å². The van der Waals surface area contributed by atoms with Gasteiger partial charge in [-0.2, -0.15) is 10.1 Å². The first-order valence-electron chi connectivity index (χ1n) is 6.37. The molecule has 0 atom stereocenters. The predicted molar refractivity (Wildman–Crippen MR) is 78.7 cm³/mol. The van der Waals surface area contributed by atoms with Gasteiger partial charge in [-0.1, -0.05) is 0 Å². The second-order valence-electron chi connectivity index (χ2n) is 4.27. The summed E-state index contributed by atoms with van der Waals surface area (Å²) in [6, 6.07) is 5.07. The summed E-state index contributed by atoms with van der Waals surface area (Å²) in [7, 11) is 4.30. The van der Waals surface area contributed by atoms with E-state index in [4.69, 9.17) is 9.47 Å². The van der Waals surface area contributed by atoms with Gasteiger partial charge in [0, 0.05) is 0 Å². The highest BCUT2D eigenvalue weighted by Crippen LogP contribution is 2.28. The smallest absolute Gasteiger partial charge is 0.360 e. The normalized spacial score (nSPS) is 10.0. The number of rotatable bonds is 5. The standard InChI is InChI=1S/C14H16N4O4/c1-8-7-9(12(18-17-8)14(19)22-4)15-11-6-5-10(20-2)13(16-11)21-3/h5-7H,1-4H3,(H,15,16,17). The quantitative estimate of drug-likeness (QED) is 0.834. The molecular formula is C14H16N4O4. The van der Waals surface area contributed by atoms with Gasteiger partial charge in [-0.05, 0) is 25.1 Å². The second-order valence-corrected chi connectivity index (χ2v) is 4.27. The van der Waals surface area contributed by atoms with Crippen molar-refractivity contribution in [3.8, 4) is 11.6 Å². The number of carbonyl (C=O) groups excluding carboxylic acids is 1. The molecule has 0 saturated carbocycles. The van der Waals surface area contributed by atoms with Crippen LogP contribution >= 0.6 is 0 Å². The zero-order valence-corrected chi connectivity index (χ0v) is 12.7. The Hall–Kier alpha value is -2.90. The third-order valence-corrected chi connectivity index (χ3v) is 2.80. The highest BCUT2D eigenvalue weighted by molar-refractivity contribution is 5.94. The van der Waals surface area contributed by atoms with Crippen molar-refractivity contribution in [2.45, 2.75) is 6.92 Å². The maximum absolute atomic E-state index is 11.7. The average Bonchev–Trinajstić information content (AvgIpc) is 2.54. The van der Waals surface area contributed by atoms with E-state index < -0.39 is 5.97 Å². The molecule has 0 radical (unpaired) electrons. The molecule has 2 rings (SSSR count). The summed E-state index contributed by atoms with van der Waals surface area (Å²) >= 11 is 0. The van der Waals surface area contributed by atoms with E-state index in [1.165, 1.54) is 21.3 Å². The topological polar surface area (TPSA) is 95.5 Å². The van der Waals surface area contributed by atoms with E-state index in [1.807, 2.05) is 0 Å². The number of ether oxygens (including phenoxy) is 3. The summed E-state index contributed by atoms with van der Waals surface area (Å²) in [5.74, 6) is 0.710. The zero-order valence-electron chi connectivity index (χ0n) is 12.7. The van der Waals surface area contributed by atoms with Gasteiger partial charge < -0.3 is 19.5 Å². The van der Waals surface area contributed by atoms with Gasteiger partial charge in [-0.15, -0.1) is 5.10 Å². The molecular weight excluding hydrogens is 288 g/mol. The van der Waals surface area contributed by atoms with Crippen molar-refractivity contribution in [2.75, 3.05) is 26.6 Å². The number of nitrogens with one attached hydrogen (secondary N) is 1. The Bertz CT molecular complexity index is 691. The molecule has 2 aromatic rings. The summed E-state index contributed by atoms with van der Waals surface area (Å²) in [4.78, 5) is 16.0. The molecule has 0 aromatic carbocycles. The fourth-order valence-electron chi connectivity index (χ4n) is 1.77. The molecule has 0 spiro atoms. The molecule has 0 aliphatic rings. The van der Waals surface area contributed by atoms with Crippen LogP contribution in [0.4, 0.5) is 11.5 Å². The van der Waals surface area contributed by atoms with Crippen molar-refractivity contribution in [1.82, 2.24) is 15.2 Å². The number of methoxy groups -OCH3 is 3. The second kappa shape index (κ2) is 6.70. The molecule has 0 fully saturated rings. The first-order valence-corrected chi connectivity index (χ1v) is 6.37. The third-order valence-electron chi connectivity index (χ3n) is 2.80. The lowest BCUT2D eigenvalue weighted by Crippen LogP contribution is -2.11. The number of pyridine rings is 1. The molecule has 2 aromatic heterocycles. The van der Waals surface area contributed by atoms with Crippen LogP contribution in [0, 0.1) is 6.92 Å². The Labute approximate surface area is 127 Å². The molecule has 0 aliphatic heterocycles. The van der Waals surface area contributed by atoms with Crippen LogP contribution in [0.1, 0.15) is 16.2 Å². The monoisotopic (exact) mass is 304 g/mol. The first kappa shape index (κ1) is 15.5. The molecule has 0 bridgehead atoms. The van der Waals surface area contributed by atoms with E-state index in [1.54, 1.807) is 25.1 Å². The Morgan fingerprint density at radius 2 is 1.91 bits per heavy atom. The van der Waals surface area contributed by atoms with Gasteiger partial charge in [0.25, 0.3) is 5.88 Å². The van der Waals surface area contributed by atoms with Crippen molar-refractivity contribution in [3.63, 3.8) is 0 Å². The van der Waals surface area contributed by atoms with Crippen molar-refractivity contribution in [3.05, 3.63) is 29.6 Å². The summed E-state index contributed by atoms with van der Waals surface area (Å²) in [5, 5.41) is 10.7. The van der Waals surface area contributed by atoms with Crippen molar-refractivity contribution in [2.24, 2.45) is 0 Å². The molecule has 22 heavy (non-hydrogen) atoms. The SMILES string of the molecule is COC(=O)c1nnc(C)cc1Nc1ccc(OC)c(OC)n1. The van der Waals surface area contributed by atoms with E-state index >= 15 is 0 Å². The van der Waals surface area contributed by atoms with Crippen LogP contribution in [0.15, 0.2) is 18.2 Å². The van der Waals surface area contributed by atoms with Crippen LogP contribution in [0.25, 0.3) is 0 Å². The fraction of sp³-hybridized carbons (Fsp3) is 0.286. The number of esters is 1. The summed E-state index contributed by atoms with van der Waals surface area (Å²) in [6.45, 7) is 1.77. The van der Waals surface area contributed by atoms with Crippen LogP contribution in [0.2, 0.25) is 0 Å². The molecule has 8 heteroatoms. The van der Waals surface area contributed by atoms with Crippen LogP contribution in [-0.2, 0) is 4.74 Å². The van der Waals surface area contributed by atoms with Crippen LogP contribution in [-0.4, -0.2) is 42.5 Å². The van der Waals surface area contributed by atoms with E-state index in [0.717, 1.165) is 0 Å². The molecule has 0 saturated heterocycles. The lowest BCUT2D eigenvalue weighted by Gasteiger charge is -2.12. The summed E-state index contributed by atoms with van der Waals surface area (Å²) in [6.07, 6.45) is 0. The molecule has 116 valence electrons. The predicted octanol–water partition coefficient (Wildman–Crippen LogP) is 1.73. The highest BCUT2D eigenvalue weighted by Gasteiger charge is 2.16. The Morgan fingerprint density at radius 3 is 2.55 bits per heavy atom. The third kappa shape index (κ3) is 3.22. The van der Waals surface area contributed by atoms with Crippen molar-refractivity contribution in [1.29, 1.82) is 0 Å². The summed E-state index contributed by atoms with van der Waals surface area (Å²) < 4.78 is 15.0. The number of hydrogen-bond donors (Lipinski definition) is 1. The molecule has 8 nitrogen and oxygen atoms in total. The van der Waals surface area contributed by atoms with Gasteiger partial charge in [0.1, 0.15) is 5.82 Å². The first-order chi connectivity index (χ1) is 10.6. The van der Waals surface area contributed by atoms with Crippen LogP contribution in [0.5, 0.6) is 11.6 Å². The van der Waals surface area contributed by atoms with Gasteiger partial charge in [0.05, 0.1) is 32.7 Å². The van der Waals surface area contributed by atoms with Gasteiger partial charge in [0.2, 0.25) is 0 Å². The largest absolute Gasteiger partial charge is 0.491 e. The van der Waals surface area contributed by atoms with E-state index in [2.05, 4.69) is 25.2 Å². The van der Waals surface area contributed by atoms with Gasteiger partial charge in [-0.3, -0.25) is 0 Å². The van der Waals surface area contributed by atoms with Crippen LogP contribution < -0.4 is 14.8 Å². The van der Waals surface area contributed by atoms with Gasteiger partial charge in [0.15, 0.2) is 11.4 Å². The van der Waals surface area contributed by atoms with Crippen LogP contribution in [0.3, 0.4) is 0 Å². The highest BCUT2D eigenvalue weighted by atomic mass is 16.5. The number of carbonyl (C=O) groups is 1. The average molecular weight is 304 g/mol. The lowest BCUT2D eigenvalue weighted by atomic mass is 10.2. The Kier molecular flexibility index (Phi) is 4.72. The van der Waals surface area contributed by atoms with Gasteiger partial charge in [-0.25, -0.2) is 4.79 Å². The number of hydrogen-bond acceptors (Lipinski definition) is 8. The minimum Gasteiger partial charge on any atom is -0.491 e. The van der Waals surface area contributed by atoms with Crippen molar-refractivity contribution < 1.29 is 19.0 Å². The molecule has 2 heterocycles. The number of aryl methyl sites for hydroxylation is 1. The number of anilines is 2. The lowest BCUT2D eigenvalue weighted by molar-refractivity contribution is 0.0594. The number of aromatic nitrogens is 3. The van der Waals surface area contributed by atoms with E-state index in [0.29, 0.717) is 28.8 Å². The Balaban J connectivity index is 2.38. The molecule has 1 N–H and O–H groups in total. The van der Waals surface area contributed by atoms with Gasteiger partial charge >= 0.3 is 5.97 Å². The molecule has 0 unspecified atom stereocenters. The fourth-order valence-corrected chi connectivity index (χ4v) is 1.77. The maximum atomic E-state index is 11.7.